The van der Waals surface area contributed by atoms with E-state index in [0.29, 0.717) is 18.8 Å². The first-order chi connectivity index (χ1) is 13.4. The topological polar surface area (TPSA) is 59.0 Å². The van der Waals surface area contributed by atoms with Gasteiger partial charge in [-0.3, -0.25) is 9.69 Å². The van der Waals surface area contributed by atoms with Crippen LogP contribution in [0.3, 0.4) is 0 Å². The first-order valence-electron chi connectivity index (χ1n) is 9.70. The Morgan fingerprint density at radius 3 is 2.46 bits per heavy atom. The number of ketones is 1. The monoisotopic (exact) mass is 383 g/mol. The summed E-state index contributed by atoms with van der Waals surface area (Å²) in [6.07, 6.45) is 1.87. The summed E-state index contributed by atoms with van der Waals surface area (Å²) in [7, 11) is 3.24. The number of piperidine rings is 1. The normalized spacial score (nSPS) is 17.4. The van der Waals surface area contributed by atoms with E-state index < -0.39 is 0 Å². The molecule has 1 N–H and O–H groups in total. The molecule has 0 spiro atoms. The van der Waals surface area contributed by atoms with Crippen LogP contribution in [0.5, 0.6) is 17.2 Å². The number of Topliss-reactive ketones (excluding diaryl/α,β-unsaturated/α-hetero) is 1. The van der Waals surface area contributed by atoms with Crippen LogP contribution in [0.25, 0.3) is 0 Å². The first-order valence-corrected chi connectivity index (χ1v) is 9.70. The lowest BCUT2D eigenvalue weighted by molar-refractivity contribution is 0.0810. The summed E-state index contributed by atoms with van der Waals surface area (Å²) in [4.78, 5) is 15.4. The van der Waals surface area contributed by atoms with Crippen molar-refractivity contribution < 1.29 is 19.4 Å². The largest absolute Gasteiger partial charge is 0.507 e. The molecule has 0 aromatic heterocycles. The van der Waals surface area contributed by atoms with Gasteiger partial charge in [0.2, 0.25) is 0 Å². The van der Waals surface area contributed by atoms with Crippen molar-refractivity contribution in [2.75, 3.05) is 27.3 Å². The molecule has 1 aliphatic heterocycles. The fraction of sp³-hybridized carbons (Fsp3) is 0.435. The molecule has 1 aliphatic rings. The van der Waals surface area contributed by atoms with E-state index in [1.807, 2.05) is 38.1 Å². The molecule has 1 fully saturated rings. The van der Waals surface area contributed by atoms with E-state index in [2.05, 4.69) is 4.90 Å². The van der Waals surface area contributed by atoms with Crippen molar-refractivity contribution in [1.82, 2.24) is 4.90 Å². The number of carbonyl (C=O) groups is 1. The van der Waals surface area contributed by atoms with E-state index in [1.54, 1.807) is 20.3 Å². The highest BCUT2D eigenvalue weighted by molar-refractivity contribution is 5.98. The van der Waals surface area contributed by atoms with Gasteiger partial charge in [0.15, 0.2) is 5.78 Å². The van der Waals surface area contributed by atoms with Crippen molar-refractivity contribution >= 4 is 5.78 Å². The fourth-order valence-electron chi connectivity index (χ4n) is 4.11. The number of carbonyl (C=O) groups excluding carboxylic acids is 1. The average molecular weight is 383 g/mol. The van der Waals surface area contributed by atoms with Gasteiger partial charge in [-0.25, -0.2) is 0 Å². The van der Waals surface area contributed by atoms with Gasteiger partial charge in [0, 0.05) is 36.2 Å². The van der Waals surface area contributed by atoms with Gasteiger partial charge in [0.05, 0.1) is 14.2 Å². The molecule has 0 amide bonds. The van der Waals surface area contributed by atoms with Crippen molar-refractivity contribution in [1.29, 1.82) is 0 Å². The molecule has 3 rings (SSSR count). The number of phenolic OH excluding ortho intramolecular Hbond substituents is 1. The standard InChI is InChI=1S/C23H29NO4/c1-15-10-19(11-16(2)23(15)28-4)22(26)18-6-5-9-24(14-18)13-17-7-8-20(27-3)12-21(17)25/h7-8,10-12,18,25H,5-6,9,13-14H2,1-4H3. The number of ether oxygens (including phenoxy) is 2. The highest BCUT2D eigenvalue weighted by atomic mass is 16.5. The third-order valence-corrected chi connectivity index (χ3v) is 5.51. The minimum absolute atomic E-state index is 0.0265. The number of methoxy groups -OCH3 is 2. The van der Waals surface area contributed by atoms with E-state index in [-0.39, 0.29) is 17.5 Å². The van der Waals surface area contributed by atoms with Crippen molar-refractivity contribution in [3.63, 3.8) is 0 Å². The molecule has 2 aromatic carbocycles. The summed E-state index contributed by atoms with van der Waals surface area (Å²) in [6, 6.07) is 9.23. The molecule has 28 heavy (non-hydrogen) atoms. The predicted octanol–water partition coefficient (Wildman–Crippen LogP) is 4.12. The minimum atomic E-state index is -0.0265. The van der Waals surface area contributed by atoms with E-state index in [4.69, 9.17) is 9.47 Å². The Balaban J connectivity index is 1.72. The number of nitrogens with zero attached hydrogens (tertiary/aromatic N) is 1. The molecule has 0 aliphatic carbocycles. The molecular formula is C23H29NO4. The van der Waals surface area contributed by atoms with Crippen LogP contribution in [0.15, 0.2) is 30.3 Å². The third kappa shape index (κ3) is 4.30. The molecule has 150 valence electrons. The molecule has 5 nitrogen and oxygen atoms in total. The maximum Gasteiger partial charge on any atom is 0.167 e. The smallest absolute Gasteiger partial charge is 0.167 e. The van der Waals surface area contributed by atoms with E-state index in [1.165, 1.54) is 0 Å². The lowest BCUT2D eigenvalue weighted by atomic mass is 9.88. The molecule has 5 heteroatoms. The summed E-state index contributed by atoms with van der Waals surface area (Å²) >= 11 is 0. The first kappa shape index (κ1) is 20.2. The van der Waals surface area contributed by atoms with Crippen LogP contribution < -0.4 is 9.47 Å². The second kappa shape index (κ2) is 8.65. The van der Waals surface area contributed by atoms with E-state index in [0.717, 1.165) is 47.4 Å². The van der Waals surface area contributed by atoms with Crippen LogP contribution in [0.4, 0.5) is 0 Å². The molecule has 1 saturated heterocycles. The number of rotatable bonds is 6. The zero-order valence-corrected chi connectivity index (χ0v) is 17.1. The predicted molar refractivity (Wildman–Crippen MR) is 109 cm³/mol. The second-order valence-electron chi connectivity index (χ2n) is 7.58. The zero-order valence-electron chi connectivity index (χ0n) is 17.1. The van der Waals surface area contributed by atoms with Gasteiger partial charge in [-0.15, -0.1) is 0 Å². The summed E-state index contributed by atoms with van der Waals surface area (Å²) in [5, 5.41) is 10.2. The maximum atomic E-state index is 13.1. The van der Waals surface area contributed by atoms with Crippen LogP contribution in [-0.4, -0.2) is 43.1 Å². The summed E-state index contributed by atoms with van der Waals surface area (Å²) < 4.78 is 10.6. The van der Waals surface area contributed by atoms with Gasteiger partial charge in [0.25, 0.3) is 0 Å². The molecule has 1 unspecified atom stereocenters. The van der Waals surface area contributed by atoms with Crippen LogP contribution >= 0.6 is 0 Å². The van der Waals surface area contributed by atoms with Gasteiger partial charge >= 0.3 is 0 Å². The Bertz CT molecular complexity index is 839. The minimum Gasteiger partial charge on any atom is -0.507 e. The van der Waals surface area contributed by atoms with Crippen LogP contribution in [0.1, 0.15) is 39.9 Å². The Kier molecular flexibility index (Phi) is 6.25. The van der Waals surface area contributed by atoms with Crippen molar-refractivity contribution in [2.45, 2.75) is 33.2 Å². The van der Waals surface area contributed by atoms with Crippen LogP contribution in [0.2, 0.25) is 0 Å². The number of likely N-dealkylation sites (tertiary alicyclic amines) is 1. The highest BCUT2D eigenvalue weighted by Gasteiger charge is 2.27. The Morgan fingerprint density at radius 1 is 1.14 bits per heavy atom. The van der Waals surface area contributed by atoms with Gasteiger partial charge in [-0.05, 0) is 62.6 Å². The molecule has 1 heterocycles. The summed E-state index contributed by atoms with van der Waals surface area (Å²) in [5.41, 5.74) is 3.59. The fourth-order valence-corrected chi connectivity index (χ4v) is 4.11. The second-order valence-corrected chi connectivity index (χ2v) is 7.58. The van der Waals surface area contributed by atoms with Crippen molar-refractivity contribution in [3.8, 4) is 17.2 Å². The summed E-state index contributed by atoms with van der Waals surface area (Å²) in [5.74, 6) is 1.88. The molecule has 2 aromatic rings. The van der Waals surface area contributed by atoms with Crippen LogP contribution in [0, 0.1) is 19.8 Å². The summed E-state index contributed by atoms with van der Waals surface area (Å²) in [6.45, 7) is 6.20. The van der Waals surface area contributed by atoms with Crippen LogP contribution in [-0.2, 0) is 6.54 Å². The number of hydrogen-bond acceptors (Lipinski definition) is 5. The molecule has 0 bridgehead atoms. The van der Waals surface area contributed by atoms with Crippen molar-refractivity contribution in [2.24, 2.45) is 5.92 Å². The maximum absolute atomic E-state index is 13.1. The Labute approximate surface area is 166 Å². The molecular weight excluding hydrogens is 354 g/mol. The lowest BCUT2D eigenvalue weighted by Crippen LogP contribution is -2.38. The quantitative estimate of drug-likeness (QED) is 0.761. The molecule has 1 atom stereocenters. The Morgan fingerprint density at radius 2 is 1.86 bits per heavy atom. The number of benzene rings is 2. The molecule has 0 radical (unpaired) electrons. The average Bonchev–Trinajstić information content (AvgIpc) is 2.69. The SMILES string of the molecule is COc1ccc(CN2CCCC(C(=O)c3cc(C)c(OC)c(C)c3)C2)c(O)c1. The van der Waals surface area contributed by atoms with Gasteiger partial charge in [0.1, 0.15) is 17.2 Å². The van der Waals surface area contributed by atoms with E-state index >= 15 is 0 Å². The van der Waals surface area contributed by atoms with Crippen molar-refractivity contribution in [3.05, 3.63) is 52.6 Å². The van der Waals surface area contributed by atoms with Gasteiger partial charge in [-0.1, -0.05) is 6.07 Å². The number of phenols is 1. The number of hydrogen-bond donors (Lipinski definition) is 1. The third-order valence-electron chi connectivity index (χ3n) is 5.51. The highest BCUT2D eigenvalue weighted by Crippen LogP contribution is 2.29. The van der Waals surface area contributed by atoms with Gasteiger partial charge < -0.3 is 14.6 Å². The number of aromatic hydroxyl groups is 1. The lowest BCUT2D eigenvalue weighted by Gasteiger charge is -2.32. The molecule has 0 saturated carbocycles. The Hall–Kier alpha value is -2.53. The zero-order chi connectivity index (χ0) is 20.3. The number of aryl methyl sites for hydroxylation is 2. The van der Waals surface area contributed by atoms with E-state index in [9.17, 15) is 9.90 Å². The van der Waals surface area contributed by atoms with Gasteiger partial charge in [-0.2, -0.15) is 0 Å².